The highest BCUT2D eigenvalue weighted by atomic mass is 16.5. The van der Waals surface area contributed by atoms with Gasteiger partial charge < -0.3 is 19.9 Å². The van der Waals surface area contributed by atoms with Crippen LogP contribution in [0.3, 0.4) is 0 Å². The Balaban J connectivity index is 2.16. The van der Waals surface area contributed by atoms with E-state index < -0.39 is 6.10 Å². The third kappa shape index (κ3) is 4.12. The van der Waals surface area contributed by atoms with Gasteiger partial charge in [0.15, 0.2) is 0 Å². The lowest BCUT2D eigenvalue weighted by Crippen LogP contribution is -2.49. The molecule has 0 saturated carbocycles. The molecule has 2 rings (SSSR count). The van der Waals surface area contributed by atoms with Crippen molar-refractivity contribution in [2.45, 2.75) is 32.4 Å². The van der Waals surface area contributed by atoms with Crippen LogP contribution < -0.4 is 14.8 Å². The molecule has 1 heterocycles. The van der Waals surface area contributed by atoms with Crippen LogP contribution in [-0.4, -0.2) is 55.9 Å². The summed E-state index contributed by atoms with van der Waals surface area (Å²) in [4.78, 5) is 2.31. The van der Waals surface area contributed by atoms with Crippen molar-refractivity contribution in [2.24, 2.45) is 0 Å². The Labute approximate surface area is 133 Å². The molecule has 0 aromatic heterocycles. The summed E-state index contributed by atoms with van der Waals surface area (Å²) in [5.74, 6) is 1.49. The normalized spacial score (nSPS) is 18.7. The number of methoxy groups -OCH3 is 1. The first-order valence-corrected chi connectivity index (χ1v) is 8.11. The van der Waals surface area contributed by atoms with E-state index in [1.165, 1.54) is 0 Å². The van der Waals surface area contributed by atoms with E-state index in [1.807, 2.05) is 18.2 Å². The standard InChI is InChI=1S/C17H28N2O3/c1-4-11-22-14-5-6-16(21-3)15(12-14)17(20)13(2)19-9-7-18-8-10-19/h5-6,12-13,17-18,20H,4,7-11H2,1-3H3. The van der Waals surface area contributed by atoms with E-state index in [1.54, 1.807) is 7.11 Å². The number of hydrogen-bond acceptors (Lipinski definition) is 5. The number of hydrogen-bond donors (Lipinski definition) is 2. The van der Waals surface area contributed by atoms with E-state index in [-0.39, 0.29) is 6.04 Å². The minimum atomic E-state index is -0.599. The zero-order chi connectivity index (χ0) is 15.9. The van der Waals surface area contributed by atoms with Gasteiger partial charge in [-0.3, -0.25) is 4.90 Å². The molecule has 1 aliphatic rings. The van der Waals surface area contributed by atoms with Crippen molar-refractivity contribution in [3.8, 4) is 11.5 Å². The lowest BCUT2D eigenvalue weighted by molar-refractivity contribution is 0.0493. The van der Waals surface area contributed by atoms with Crippen molar-refractivity contribution >= 4 is 0 Å². The summed E-state index contributed by atoms with van der Waals surface area (Å²) in [6.45, 7) is 8.65. The summed E-state index contributed by atoms with van der Waals surface area (Å²) in [6.07, 6.45) is 0.361. The summed E-state index contributed by atoms with van der Waals surface area (Å²) in [7, 11) is 1.63. The number of aliphatic hydroxyl groups is 1. The monoisotopic (exact) mass is 308 g/mol. The molecular formula is C17H28N2O3. The van der Waals surface area contributed by atoms with Crippen molar-refractivity contribution < 1.29 is 14.6 Å². The summed E-state index contributed by atoms with van der Waals surface area (Å²) in [5, 5.41) is 14.1. The molecule has 2 N–H and O–H groups in total. The SMILES string of the molecule is CCCOc1ccc(OC)c(C(O)C(C)N2CCNCC2)c1. The van der Waals surface area contributed by atoms with Crippen molar-refractivity contribution in [1.82, 2.24) is 10.2 Å². The number of benzene rings is 1. The maximum Gasteiger partial charge on any atom is 0.124 e. The second-order valence-electron chi connectivity index (χ2n) is 5.72. The molecule has 0 aliphatic carbocycles. The summed E-state index contributed by atoms with van der Waals surface area (Å²) >= 11 is 0. The summed E-state index contributed by atoms with van der Waals surface area (Å²) in [6, 6.07) is 5.70. The first kappa shape index (κ1) is 17.1. The number of aliphatic hydroxyl groups excluding tert-OH is 1. The Morgan fingerprint density at radius 2 is 2.05 bits per heavy atom. The number of ether oxygens (including phenoxy) is 2. The van der Waals surface area contributed by atoms with Gasteiger partial charge in [-0.15, -0.1) is 0 Å². The molecule has 1 saturated heterocycles. The van der Waals surface area contributed by atoms with Gasteiger partial charge in [0.05, 0.1) is 19.8 Å². The molecule has 0 bridgehead atoms. The van der Waals surface area contributed by atoms with Crippen LogP contribution in [0.5, 0.6) is 11.5 Å². The van der Waals surface area contributed by atoms with Gasteiger partial charge in [-0.05, 0) is 31.5 Å². The molecule has 22 heavy (non-hydrogen) atoms. The van der Waals surface area contributed by atoms with Gasteiger partial charge in [0.1, 0.15) is 11.5 Å². The predicted molar refractivity (Wildman–Crippen MR) is 87.6 cm³/mol. The van der Waals surface area contributed by atoms with Gasteiger partial charge in [0.2, 0.25) is 0 Å². The van der Waals surface area contributed by atoms with Crippen LogP contribution in [0, 0.1) is 0 Å². The molecule has 5 nitrogen and oxygen atoms in total. The molecule has 124 valence electrons. The fourth-order valence-electron chi connectivity index (χ4n) is 2.80. The Hall–Kier alpha value is -1.30. The average molecular weight is 308 g/mol. The molecule has 2 atom stereocenters. The fraction of sp³-hybridized carbons (Fsp3) is 0.647. The highest BCUT2D eigenvalue weighted by molar-refractivity contribution is 5.42. The van der Waals surface area contributed by atoms with Gasteiger partial charge in [0, 0.05) is 37.8 Å². The van der Waals surface area contributed by atoms with Crippen LogP contribution in [0.4, 0.5) is 0 Å². The van der Waals surface area contributed by atoms with Crippen molar-refractivity contribution in [1.29, 1.82) is 0 Å². The number of nitrogens with zero attached hydrogens (tertiary/aromatic N) is 1. The van der Waals surface area contributed by atoms with Crippen molar-refractivity contribution in [3.63, 3.8) is 0 Å². The molecule has 2 unspecified atom stereocenters. The summed E-state index contributed by atoms with van der Waals surface area (Å²) < 4.78 is 11.1. The zero-order valence-corrected chi connectivity index (χ0v) is 13.8. The Morgan fingerprint density at radius 1 is 1.32 bits per heavy atom. The Bertz CT molecular complexity index is 461. The van der Waals surface area contributed by atoms with Gasteiger partial charge in [-0.1, -0.05) is 6.92 Å². The molecule has 0 amide bonds. The molecule has 0 radical (unpaired) electrons. The highest BCUT2D eigenvalue weighted by Crippen LogP contribution is 2.32. The molecule has 1 aliphatic heterocycles. The smallest absolute Gasteiger partial charge is 0.124 e. The zero-order valence-electron chi connectivity index (χ0n) is 13.8. The quantitative estimate of drug-likeness (QED) is 0.804. The largest absolute Gasteiger partial charge is 0.496 e. The van der Waals surface area contributed by atoms with E-state index in [4.69, 9.17) is 9.47 Å². The van der Waals surface area contributed by atoms with Gasteiger partial charge in [-0.25, -0.2) is 0 Å². The van der Waals surface area contributed by atoms with E-state index in [2.05, 4.69) is 24.1 Å². The molecule has 1 aromatic carbocycles. The lowest BCUT2D eigenvalue weighted by Gasteiger charge is -2.35. The Morgan fingerprint density at radius 3 is 2.68 bits per heavy atom. The molecule has 1 fully saturated rings. The van der Waals surface area contributed by atoms with Gasteiger partial charge in [0.25, 0.3) is 0 Å². The van der Waals surface area contributed by atoms with E-state index in [9.17, 15) is 5.11 Å². The number of nitrogens with one attached hydrogen (secondary N) is 1. The van der Waals surface area contributed by atoms with Gasteiger partial charge in [-0.2, -0.15) is 0 Å². The fourth-order valence-corrected chi connectivity index (χ4v) is 2.80. The first-order chi connectivity index (χ1) is 10.7. The second-order valence-corrected chi connectivity index (χ2v) is 5.72. The van der Waals surface area contributed by atoms with Crippen molar-refractivity contribution in [3.05, 3.63) is 23.8 Å². The third-order valence-corrected chi connectivity index (χ3v) is 4.18. The predicted octanol–water partition coefficient (Wildman–Crippen LogP) is 1.81. The number of piperazine rings is 1. The molecule has 0 spiro atoms. The highest BCUT2D eigenvalue weighted by Gasteiger charge is 2.26. The van der Waals surface area contributed by atoms with Crippen LogP contribution in [-0.2, 0) is 0 Å². The van der Waals surface area contributed by atoms with Crippen LogP contribution in [0.15, 0.2) is 18.2 Å². The molecule has 1 aromatic rings. The van der Waals surface area contributed by atoms with Crippen molar-refractivity contribution in [2.75, 3.05) is 39.9 Å². The maximum absolute atomic E-state index is 10.8. The molecule has 5 heteroatoms. The topological polar surface area (TPSA) is 54.0 Å². The first-order valence-electron chi connectivity index (χ1n) is 8.11. The van der Waals surface area contributed by atoms with Gasteiger partial charge >= 0.3 is 0 Å². The Kier molecular flexibility index (Phi) is 6.49. The van der Waals surface area contributed by atoms with Crippen LogP contribution >= 0.6 is 0 Å². The second kappa shape index (κ2) is 8.36. The maximum atomic E-state index is 10.8. The van der Waals surface area contributed by atoms with Crippen LogP contribution in [0.2, 0.25) is 0 Å². The van der Waals surface area contributed by atoms with E-state index in [0.29, 0.717) is 12.4 Å². The van der Waals surface area contributed by atoms with E-state index in [0.717, 1.165) is 43.9 Å². The summed E-state index contributed by atoms with van der Waals surface area (Å²) in [5.41, 5.74) is 0.794. The third-order valence-electron chi connectivity index (χ3n) is 4.18. The lowest BCUT2D eigenvalue weighted by atomic mass is 10.0. The van der Waals surface area contributed by atoms with Crippen LogP contribution in [0.25, 0.3) is 0 Å². The average Bonchev–Trinajstić information content (AvgIpc) is 2.59. The minimum absolute atomic E-state index is 0.0393. The molecular weight excluding hydrogens is 280 g/mol. The minimum Gasteiger partial charge on any atom is -0.496 e. The number of rotatable bonds is 7. The van der Waals surface area contributed by atoms with E-state index >= 15 is 0 Å². The van der Waals surface area contributed by atoms with Crippen LogP contribution in [0.1, 0.15) is 31.9 Å².